The molecular formula is C16H20ClN3O2. The molecule has 3 amide bonds. The lowest BCUT2D eigenvalue weighted by Gasteiger charge is -2.28. The number of rotatable bonds is 5. The number of halogens is 1. The smallest absolute Gasteiger partial charge is 0.319 e. The monoisotopic (exact) mass is 321 g/mol. The molecule has 0 saturated heterocycles. The van der Waals surface area contributed by atoms with Gasteiger partial charge in [0.15, 0.2) is 0 Å². The Balaban J connectivity index is 2.17. The Morgan fingerprint density at radius 3 is 2.64 bits per heavy atom. The van der Waals surface area contributed by atoms with Crippen molar-refractivity contribution >= 4 is 29.2 Å². The van der Waals surface area contributed by atoms with E-state index in [4.69, 9.17) is 11.6 Å². The fourth-order valence-electron chi connectivity index (χ4n) is 2.45. The summed E-state index contributed by atoms with van der Waals surface area (Å²) in [7, 11) is 0. The number of anilines is 1. The molecule has 1 aromatic carbocycles. The Hall–Kier alpha value is -2.01. The summed E-state index contributed by atoms with van der Waals surface area (Å²) < 4.78 is 0. The van der Waals surface area contributed by atoms with Gasteiger partial charge < -0.3 is 16.0 Å². The third kappa shape index (κ3) is 4.01. The summed E-state index contributed by atoms with van der Waals surface area (Å²) in [5.74, 6) is -0.214. The van der Waals surface area contributed by atoms with Crippen LogP contribution < -0.4 is 16.0 Å². The highest BCUT2D eigenvalue weighted by molar-refractivity contribution is 6.30. The highest BCUT2D eigenvalue weighted by Gasteiger charge is 2.29. The van der Waals surface area contributed by atoms with E-state index in [0.717, 1.165) is 19.3 Å². The van der Waals surface area contributed by atoms with E-state index in [0.29, 0.717) is 22.0 Å². The molecular weight excluding hydrogens is 302 g/mol. The number of allylic oxidation sites excluding steroid dienone is 1. The van der Waals surface area contributed by atoms with Crippen molar-refractivity contribution in [3.8, 4) is 0 Å². The molecule has 3 N–H and O–H groups in total. The third-order valence-electron chi connectivity index (χ3n) is 3.55. The predicted octanol–water partition coefficient (Wildman–Crippen LogP) is 3.42. The summed E-state index contributed by atoms with van der Waals surface area (Å²) in [5, 5.41) is 8.93. The van der Waals surface area contributed by atoms with Crippen LogP contribution in [0, 0.1) is 0 Å². The molecule has 0 bridgehead atoms. The lowest BCUT2D eigenvalue weighted by atomic mass is 9.97. The number of amides is 3. The first-order chi connectivity index (χ1) is 10.5. The first kappa shape index (κ1) is 16.4. The van der Waals surface area contributed by atoms with Gasteiger partial charge in [0.1, 0.15) is 0 Å². The topological polar surface area (TPSA) is 70.2 Å². The van der Waals surface area contributed by atoms with E-state index >= 15 is 0 Å². The standard InChI is InChI=1S/C16H20ClN3O2/c1-3-4-5-13-14(10(2)18-16(22)20-13)15(21)19-12-8-6-11(17)7-9-12/h6-9,13H,3-5H2,1-2H3,(H,19,21)(H2,18,20,22). The number of hydrogen-bond acceptors (Lipinski definition) is 2. The first-order valence-electron chi connectivity index (χ1n) is 7.36. The van der Waals surface area contributed by atoms with Crippen LogP contribution >= 0.6 is 11.6 Å². The summed E-state index contributed by atoms with van der Waals surface area (Å²) in [4.78, 5) is 24.2. The maximum absolute atomic E-state index is 12.5. The van der Waals surface area contributed by atoms with Crippen LogP contribution in [-0.2, 0) is 4.79 Å². The van der Waals surface area contributed by atoms with Crippen LogP contribution in [0.5, 0.6) is 0 Å². The van der Waals surface area contributed by atoms with Gasteiger partial charge >= 0.3 is 6.03 Å². The third-order valence-corrected chi connectivity index (χ3v) is 3.80. The SMILES string of the molecule is CCCCC1NC(=O)NC(C)=C1C(=O)Nc1ccc(Cl)cc1. The fourth-order valence-corrected chi connectivity index (χ4v) is 2.58. The molecule has 1 aromatic rings. The zero-order chi connectivity index (χ0) is 16.1. The molecule has 0 fully saturated rings. The molecule has 1 heterocycles. The molecule has 5 nitrogen and oxygen atoms in total. The molecule has 0 saturated carbocycles. The molecule has 1 aliphatic heterocycles. The van der Waals surface area contributed by atoms with Gasteiger partial charge in [-0.25, -0.2) is 4.79 Å². The Morgan fingerprint density at radius 2 is 2.00 bits per heavy atom. The summed E-state index contributed by atoms with van der Waals surface area (Å²) in [6.45, 7) is 3.82. The van der Waals surface area contributed by atoms with Crippen LogP contribution in [0.3, 0.4) is 0 Å². The van der Waals surface area contributed by atoms with Crippen LogP contribution in [0.2, 0.25) is 5.02 Å². The maximum atomic E-state index is 12.5. The predicted molar refractivity (Wildman–Crippen MR) is 87.8 cm³/mol. The number of nitrogens with one attached hydrogen (secondary N) is 3. The fraction of sp³-hybridized carbons (Fsp3) is 0.375. The molecule has 118 valence electrons. The van der Waals surface area contributed by atoms with E-state index in [2.05, 4.69) is 22.9 Å². The van der Waals surface area contributed by atoms with Crippen molar-refractivity contribution in [1.29, 1.82) is 0 Å². The first-order valence-corrected chi connectivity index (χ1v) is 7.74. The van der Waals surface area contributed by atoms with E-state index in [9.17, 15) is 9.59 Å². The minimum Gasteiger partial charge on any atom is -0.331 e. The minimum atomic E-state index is -0.263. The zero-order valence-corrected chi connectivity index (χ0v) is 13.5. The Labute approximate surface area is 135 Å². The van der Waals surface area contributed by atoms with Crippen molar-refractivity contribution in [2.75, 3.05) is 5.32 Å². The molecule has 1 aliphatic rings. The number of hydrogen-bond donors (Lipinski definition) is 3. The van der Waals surface area contributed by atoms with Crippen molar-refractivity contribution in [3.05, 3.63) is 40.6 Å². The van der Waals surface area contributed by atoms with Crippen LogP contribution in [0.4, 0.5) is 10.5 Å². The normalized spacial score (nSPS) is 17.8. The zero-order valence-electron chi connectivity index (χ0n) is 12.7. The Morgan fingerprint density at radius 1 is 1.32 bits per heavy atom. The molecule has 1 unspecified atom stereocenters. The van der Waals surface area contributed by atoms with Gasteiger partial charge in [-0.2, -0.15) is 0 Å². The van der Waals surface area contributed by atoms with Gasteiger partial charge in [0.25, 0.3) is 5.91 Å². The van der Waals surface area contributed by atoms with Crippen molar-refractivity contribution < 1.29 is 9.59 Å². The summed E-state index contributed by atoms with van der Waals surface area (Å²) in [6.07, 6.45) is 2.69. The highest BCUT2D eigenvalue weighted by Crippen LogP contribution is 2.20. The second-order valence-electron chi connectivity index (χ2n) is 5.29. The molecule has 0 aliphatic carbocycles. The van der Waals surface area contributed by atoms with E-state index in [-0.39, 0.29) is 18.0 Å². The molecule has 0 radical (unpaired) electrons. The summed E-state index contributed by atoms with van der Waals surface area (Å²) >= 11 is 5.84. The summed E-state index contributed by atoms with van der Waals surface area (Å²) in [6, 6.07) is 6.39. The molecule has 2 rings (SSSR count). The number of benzene rings is 1. The van der Waals surface area contributed by atoms with Gasteiger partial charge in [0.2, 0.25) is 0 Å². The van der Waals surface area contributed by atoms with E-state index in [1.54, 1.807) is 31.2 Å². The number of carbonyl (C=O) groups is 2. The van der Waals surface area contributed by atoms with E-state index in [1.165, 1.54) is 0 Å². The Kier molecular flexibility index (Phi) is 5.44. The highest BCUT2D eigenvalue weighted by atomic mass is 35.5. The number of urea groups is 1. The largest absolute Gasteiger partial charge is 0.331 e. The average molecular weight is 322 g/mol. The number of carbonyl (C=O) groups excluding carboxylic acids is 2. The quantitative estimate of drug-likeness (QED) is 0.777. The lowest BCUT2D eigenvalue weighted by molar-refractivity contribution is -0.113. The average Bonchev–Trinajstić information content (AvgIpc) is 2.46. The number of unbranched alkanes of at least 4 members (excludes halogenated alkanes) is 1. The van der Waals surface area contributed by atoms with Crippen molar-refractivity contribution in [1.82, 2.24) is 10.6 Å². The van der Waals surface area contributed by atoms with Gasteiger partial charge in [-0.15, -0.1) is 0 Å². The van der Waals surface area contributed by atoms with Gasteiger partial charge in [-0.3, -0.25) is 4.79 Å². The van der Waals surface area contributed by atoms with Crippen LogP contribution in [0.15, 0.2) is 35.5 Å². The van der Waals surface area contributed by atoms with Gasteiger partial charge in [-0.1, -0.05) is 31.4 Å². The van der Waals surface area contributed by atoms with Crippen molar-refractivity contribution in [2.45, 2.75) is 39.2 Å². The van der Waals surface area contributed by atoms with Crippen molar-refractivity contribution in [3.63, 3.8) is 0 Å². The van der Waals surface area contributed by atoms with Gasteiger partial charge in [-0.05, 0) is 37.6 Å². The van der Waals surface area contributed by atoms with Crippen LogP contribution in [0.1, 0.15) is 33.1 Å². The Bertz CT molecular complexity index is 596. The van der Waals surface area contributed by atoms with E-state index < -0.39 is 0 Å². The maximum Gasteiger partial charge on any atom is 0.319 e. The van der Waals surface area contributed by atoms with Crippen molar-refractivity contribution in [2.24, 2.45) is 0 Å². The summed E-state index contributed by atoms with van der Waals surface area (Å²) in [5.41, 5.74) is 1.83. The second-order valence-corrected chi connectivity index (χ2v) is 5.73. The van der Waals surface area contributed by atoms with Gasteiger partial charge in [0.05, 0.1) is 11.6 Å². The van der Waals surface area contributed by atoms with Gasteiger partial charge in [0, 0.05) is 16.4 Å². The minimum absolute atomic E-state index is 0.214. The lowest BCUT2D eigenvalue weighted by Crippen LogP contribution is -2.50. The molecule has 1 atom stereocenters. The molecule has 0 spiro atoms. The molecule has 22 heavy (non-hydrogen) atoms. The van der Waals surface area contributed by atoms with E-state index in [1.807, 2.05) is 0 Å². The molecule has 0 aromatic heterocycles. The van der Waals surface area contributed by atoms with Crippen LogP contribution in [0.25, 0.3) is 0 Å². The second kappa shape index (κ2) is 7.31. The van der Waals surface area contributed by atoms with Crippen LogP contribution in [-0.4, -0.2) is 18.0 Å². The molecule has 6 heteroatoms.